The summed E-state index contributed by atoms with van der Waals surface area (Å²) in [5.74, 6) is 0. The van der Waals surface area contributed by atoms with Gasteiger partial charge in [0.25, 0.3) is 0 Å². The van der Waals surface area contributed by atoms with Crippen LogP contribution in [0.15, 0.2) is 18.2 Å². The molecule has 0 bridgehead atoms. The van der Waals surface area contributed by atoms with Gasteiger partial charge in [-0.1, -0.05) is 35.3 Å². The average Bonchev–Trinajstić information content (AvgIpc) is 1.98. The standard InChI is InChI=1S/C9H11Cl2N.ClH/c1-12(2)6-7-4-3-5-8(10)9(7)11;/h3-5H,6H2,1-2H3;1H. The fraction of sp³-hybridized carbons (Fsp3) is 0.333. The summed E-state index contributed by atoms with van der Waals surface area (Å²) >= 11 is 11.8. The molecular formula is C9H12Cl3N. The first-order valence-corrected chi connectivity index (χ1v) is 4.44. The van der Waals surface area contributed by atoms with Crippen molar-refractivity contribution in [3.05, 3.63) is 33.8 Å². The zero-order valence-electron chi connectivity index (χ0n) is 7.55. The minimum Gasteiger partial charge on any atom is -0.305 e. The summed E-state index contributed by atoms with van der Waals surface area (Å²) in [6, 6.07) is 5.68. The lowest BCUT2D eigenvalue weighted by molar-refractivity contribution is 0.402. The second kappa shape index (κ2) is 5.71. The first-order chi connectivity index (χ1) is 5.61. The van der Waals surface area contributed by atoms with Crippen LogP contribution in [0.5, 0.6) is 0 Å². The SMILES string of the molecule is CN(C)Cc1cccc(Cl)c1Cl.Cl. The number of benzene rings is 1. The Morgan fingerprint density at radius 3 is 2.38 bits per heavy atom. The highest BCUT2D eigenvalue weighted by atomic mass is 35.5. The van der Waals surface area contributed by atoms with Gasteiger partial charge in [0.1, 0.15) is 0 Å². The molecule has 0 saturated heterocycles. The van der Waals surface area contributed by atoms with E-state index in [0.29, 0.717) is 10.0 Å². The monoisotopic (exact) mass is 239 g/mol. The van der Waals surface area contributed by atoms with Crippen molar-refractivity contribution in [1.82, 2.24) is 4.90 Å². The maximum Gasteiger partial charge on any atom is 0.0637 e. The Bertz CT molecular complexity index is 274. The molecule has 0 aromatic heterocycles. The van der Waals surface area contributed by atoms with Gasteiger partial charge >= 0.3 is 0 Å². The third kappa shape index (κ3) is 3.74. The van der Waals surface area contributed by atoms with Crippen LogP contribution in [0, 0.1) is 0 Å². The van der Waals surface area contributed by atoms with Gasteiger partial charge in [0.05, 0.1) is 10.0 Å². The molecule has 1 aromatic carbocycles. The molecule has 0 unspecified atom stereocenters. The van der Waals surface area contributed by atoms with E-state index in [1.165, 1.54) is 0 Å². The Balaban J connectivity index is 0.00000144. The van der Waals surface area contributed by atoms with Crippen molar-refractivity contribution in [1.29, 1.82) is 0 Å². The molecule has 0 aliphatic heterocycles. The van der Waals surface area contributed by atoms with Crippen molar-refractivity contribution >= 4 is 35.6 Å². The lowest BCUT2D eigenvalue weighted by atomic mass is 10.2. The van der Waals surface area contributed by atoms with E-state index in [4.69, 9.17) is 23.2 Å². The van der Waals surface area contributed by atoms with Crippen LogP contribution in [-0.2, 0) is 6.54 Å². The van der Waals surface area contributed by atoms with Gasteiger partial charge in [-0.25, -0.2) is 0 Å². The Labute approximate surface area is 95.0 Å². The number of hydrogen-bond donors (Lipinski definition) is 0. The van der Waals surface area contributed by atoms with Crippen LogP contribution in [0.3, 0.4) is 0 Å². The van der Waals surface area contributed by atoms with Crippen molar-refractivity contribution in [3.8, 4) is 0 Å². The lowest BCUT2D eigenvalue weighted by Crippen LogP contribution is -2.10. The van der Waals surface area contributed by atoms with Gasteiger partial charge in [0, 0.05) is 6.54 Å². The zero-order chi connectivity index (χ0) is 9.14. The summed E-state index contributed by atoms with van der Waals surface area (Å²) in [6.45, 7) is 0.819. The fourth-order valence-corrected chi connectivity index (χ4v) is 1.39. The molecule has 0 saturated carbocycles. The van der Waals surface area contributed by atoms with E-state index in [1.807, 2.05) is 26.2 Å². The van der Waals surface area contributed by atoms with E-state index >= 15 is 0 Å². The van der Waals surface area contributed by atoms with Crippen LogP contribution >= 0.6 is 35.6 Å². The predicted molar refractivity (Wildman–Crippen MR) is 61.1 cm³/mol. The van der Waals surface area contributed by atoms with Crippen LogP contribution in [0.2, 0.25) is 10.0 Å². The smallest absolute Gasteiger partial charge is 0.0637 e. The molecule has 13 heavy (non-hydrogen) atoms. The van der Waals surface area contributed by atoms with Crippen molar-refractivity contribution in [3.63, 3.8) is 0 Å². The molecule has 1 aromatic rings. The highest BCUT2D eigenvalue weighted by Crippen LogP contribution is 2.25. The summed E-state index contributed by atoms with van der Waals surface area (Å²) in [5, 5.41) is 1.28. The highest BCUT2D eigenvalue weighted by Gasteiger charge is 2.03. The number of rotatable bonds is 2. The highest BCUT2D eigenvalue weighted by molar-refractivity contribution is 6.42. The van der Waals surface area contributed by atoms with Gasteiger partial charge in [-0.2, -0.15) is 0 Å². The lowest BCUT2D eigenvalue weighted by Gasteiger charge is -2.11. The predicted octanol–water partition coefficient (Wildman–Crippen LogP) is 3.48. The van der Waals surface area contributed by atoms with Gasteiger partial charge in [-0.3, -0.25) is 0 Å². The van der Waals surface area contributed by atoms with Crippen LogP contribution in [0.25, 0.3) is 0 Å². The molecule has 1 rings (SSSR count). The van der Waals surface area contributed by atoms with Crippen molar-refractivity contribution in [2.45, 2.75) is 6.54 Å². The zero-order valence-corrected chi connectivity index (χ0v) is 9.88. The Morgan fingerprint density at radius 1 is 1.23 bits per heavy atom. The van der Waals surface area contributed by atoms with E-state index in [1.54, 1.807) is 6.07 Å². The molecular weight excluding hydrogens is 228 g/mol. The van der Waals surface area contributed by atoms with E-state index < -0.39 is 0 Å². The molecule has 0 fully saturated rings. The summed E-state index contributed by atoms with van der Waals surface area (Å²) < 4.78 is 0. The van der Waals surface area contributed by atoms with Crippen LogP contribution in [-0.4, -0.2) is 19.0 Å². The fourth-order valence-electron chi connectivity index (χ4n) is 1.01. The molecule has 0 spiro atoms. The van der Waals surface area contributed by atoms with Crippen molar-refractivity contribution in [2.24, 2.45) is 0 Å². The molecule has 0 atom stereocenters. The molecule has 4 heteroatoms. The molecule has 0 aliphatic rings. The van der Waals surface area contributed by atoms with Crippen molar-refractivity contribution < 1.29 is 0 Å². The molecule has 1 nitrogen and oxygen atoms in total. The minimum absolute atomic E-state index is 0. The summed E-state index contributed by atoms with van der Waals surface area (Å²) in [7, 11) is 3.99. The van der Waals surface area contributed by atoms with Gasteiger partial charge in [-0.15, -0.1) is 12.4 Å². The second-order valence-electron chi connectivity index (χ2n) is 2.95. The maximum absolute atomic E-state index is 5.98. The van der Waals surface area contributed by atoms with Crippen LogP contribution in [0.1, 0.15) is 5.56 Å². The number of hydrogen-bond acceptors (Lipinski definition) is 1. The molecule has 0 N–H and O–H groups in total. The topological polar surface area (TPSA) is 3.24 Å². The molecule has 0 radical (unpaired) electrons. The Hall–Kier alpha value is 0.0500. The van der Waals surface area contributed by atoms with E-state index in [9.17, 15) is 0 Å². The minimum atomic E-state index is 0. The van der Waals surface area contributed by atoms with Crippen LogP contribution in [0.4, 0.5) is 0 Å². The maximum atomic E-state index is 5.98. The number of nitrogens with zero attached hydrogens (tertiary/aromatic N) is 1. The molecule has 0 heterocycles. The van der Waals surface area contributed by atoms with Gasteiger partial charge in [0.15, 0.2) is 0 Å². The summed E-state index contributed by atoms with van der Waals surface area (Å²) in [4.78, 5) is 2.05. The quantitative estimate of drug-likeness (QED) is 0.765. The van der Waals surface area contributed by atoms with Crippen molar-refractivity contribution in [2.75, 3.05) is 14.1 Å². The van der Waals surface area contributed by atoms with Gasteiger partial charge < -0.3 is 4.90 Å². The first-order valence-electron chi connectivity index (χ1n) is 3.69. The summed E-state index contributed by atoms with van der Waals surface area (Å²) in [6.07, 6.45) is 0. The third-order valence-corrected chi connectivity index (χ3v) is 2.38. The normalized spacial score (nSPS) is 9.92. The molecule has 74 valence electrons. The number of halogens is 3. The average molecular weight is 241 g/mol. The second-order valence-corrected chi connectivity index (χ2v) is 3.74. The molecule has 0 aliphatic carbocycles. The Kier molecular flexibility index (Phi) is 5.73. The van der Waals surface area contributed by atoms with Crippen LogP contribution < -0.4 is 0 Å². The van der Waals surface area contributed by atoms with E-state index in [-0.39, 0.29) is 12.4 Å². The van der Waals surface area contributed by atoms with Gasteiger partial charge in [0.2, 0.25) is 0 Å². The first kappa shape index (κ1) is 13.1. The molecule has 0 amide bonds. The van der Waals surface area contributed by atoms with E-state index in [0.717, 1.165) is 12.1 Å². The Morgan fingerprint density at radius 2 is 1.85 bits per heavy atom. The largest absolute Gasteiger partial charge is 0.305 e. The third-order valence-electron chi connectivity index (χ3n) is 1.52. The summed E-state index contributed by atoms with van der Waals surface area (Å²) in [5.41, 5.74) is 1.06. The van der Waals surface area contributed by atoms with E-state index in [2.05, 4.69) is 4.90 Å². The van der Waals surface area contributed by atoms with Gasteiger partial charge in [-0.05, 0) is 25.7 Å².